The molecule has 0 spiro atoms. The zero-order valence-corrected chi connectivity index (χ0v) is 8.36. The molecule has 1 aromatic rings. The van der Waals surface area contributed by atoms with Crippen LogP contribution < -0.4 is 4.90 Å². The van der Waals surface area contributed by atoms with E-state index in [2.05, 4.69) is 4.98 Å². The lowest BCUT2D eigenvalue weighted by atomic mass is 10.1. The summed E-state index contributed by atoms with van der Waals surface area (Å²) in [7, 11) is 0. The van der Waals surface area contributed by atoms with Crippen LogP contribution in [0.15, 0.2) is 18.3 Å². The average molecular weight is 190 g/mol. The first-order chi connectivity index (χ1) is 6.83. The Morgan fingerprint density at radius 1 is 1.64 bits per heavy atom. The number of aromatic nitrogens is 1. The molecule has 0 saturated heterocycles. The van der Waals surface area contributed by atoms with Crippen molar-refractivity contribution in [2.24, 2.45) is 0 Å². The Balaban J connectivity index is 2.35. The molecule has 0 N–H and O–H groups in total. The Labute approximate surface area is 83.8 Å². The number of carbonyl (C=O) groups is 1. The van der Waals surface area contributed by atoms with Crippen molar-refractivity contribution in [1.82, 2.24) is 4.98 Å². The Kier molecular flexibility index (Phi) is 2.48. The number of hydrogen-bond acceptors (Lipinski definition) is 2. The molecule has 0 aromatic carbocycles. The number of anilines is 1. The van der Waals surface area contributed by atoms with Crippen molar-refractivity contribution in [3.63, 3.8) is 0 Å². The third-order valence-electron chi connectivity index (χ3n) is 2.56. The van der Waals surface area contributed by atoms with Crippen LogP contribution in [-0.4, -0.2) is 17.4 Å². The summed E-state index contributed by atoms with van der Waals surface area (Å²) in [5.41, 5.74) is 2.06. The number of hydrogen-bond donors (Lipinski definition) is 0. The molecular weight excluding hydrogens is 176 g/mol. The summed E-state index contributed by atoms with van der Waals surface area (Å²) in [6, 6.07) is 3.87. The summed E-state index contributed by atoms with van der Waals surface area (Å²) in [5.74, 6) is 0.193. The van der Waals surface area contributed by atoms with Gasteiger partial charge in [0.1, 0.15) is 0 Å². The van der Waals surface area contributed by atoms with Crippen LogP contribution in [0.2, 0.25) is 0 Å². The van der Waals surface area contributed by atoms with E-state index in [-0.39, 0.29) is 5.91 Å². The van der Waals surface area contributed by atoms with Gasteiger partial charge < -0.3 is 4.90 Å². The minimum Gasteiger partial charge on any atom is -0.311 e. The summed E-state index contributed by atoms with van der Waals surface area (Å²) < 4.78 is 0. The third-order valence-corrected chi connectivity index (χ3v) is 2.56. The van der Waals surface area contributed by atoms with Crippen molar-refractivity contribution in [1.29, 1.82) is 0 Å². The van der Waals surface area contributed by atoms with Gasteiger partial charge in [0.25, 0.3) is 0 Å². The second kappa shape index (κ2) is 3.78. The maximum absolute atomic E-state index is 11.6. The van der Waals surface area contributed by atoms with E-state index in [0.717, 1.165) is 30.8 Å². The molecule has 2 rings (SSSR count). The van der Waals surface area contributed by atoms with E-state index in [9.17, 15) is 4.79 Å². The van der Waals surface area contributed by atoms with Gasteiger partial charge in [-0.2, -0.15) is 0 Å². The van der Waals surface area contributed by atoms with Crippen LogP contribution in [-0.2, 0) is 11.2 Å². The van der Waals surface area contributed by atoms with Crippen molar-refractivity contribution in [2.45, 2.75) is 26.2 Å². The van der Waals surface area contributed by atoms with E-state index >= 15 is 0 Å². The molecule has 2 heterocycles. The highest BCUT2D eigenvalue weighted by molar-refractivity contribution is 5.94. The molecule has 0 bridgehead atoms. The molecule has 0 atom stereocenters. The topological polar surface area (TPSA) is 33.2 Å². The first-order valence-electron chi connectivity index (χ1n) is 5.07. The van der Waals surface area contributed by atoms with Crippen molar-refractivity contribution in [3.8, 4) is 0 Å². The number of pyridine rings is 1. The number of nitrogens with zero attached hydrogens (tertiary/aromatic N) is 2. The van der Waals surface area contributed by atoms with Gasteiger partial charge in [0.05, 0.1) is 11.4 Å². The van der Waals surface area contributed by atoms with Gasteiger partial charge in [-0.3, -0.25) is 9.78 Å². The van der Waals surface area contributed by atoms with E-state index < -0.39 is 0 Å². The Morgan fingerprint density at radius 3 is 3.29 bits per heavy atom. The first kappa shape index (κ1) is 9.19. The van der Waals surface area contributed by atoms with Gasteiger partial charge in [0.15, 0.2) is 0 Å². The van der Waals surface area contributed by atoms with Crippen LogP contribution in [0.3, 0.4) is 0 Å². The zero-order chi connectivity index (χ0) is 9.97. The standard InChI is InChI=1S/C11H14N2O/c1-2-11(14)13-8-4-5-9-10(13)6-3-7-12-9/h3,6-7H,2,4-5,8H2,1H3. The molecule has 3 nitrogen and oxygen atoms in total. The molecule has 74 valence electrons. The van der Waals surface area contributed by atoms with Crippen molar-refractivity contribution in [2.75, 3.05) is 11.4 Å². The predicted molar refractivity (Wildman–Crippen MR) is 55.2 cm³/mol. The van der Waals surface area contributed by atoms with Gasteiger partial charge in [-0.05, 0) is 25.0 Å². The lowest BCUT2D eigenvalue weighted by molar-refractivity contribution is -0.118. The van der Waals surface area contributed by atoms with Gasteiger partial charge in [-0.25, -0.2) is 0 Å². The number of amides is 1. The Morgan fingerprint density at radius 2 is 2.50 bits per heavy atom. The molecular formula is C11H14N2O. The monoisotopic (exact) mass is 190 g/mol. The minimum absolute atomic E-state index is 0.193. The second-order valence-corrected chi connectivity index (χ2v) is 3.47. The molecule has 0 aliphatic carbocycles. The summed E-state index contributed by atoms with van der Waals surface area (Å²) >= 11 is 0. The largest absolute Gasteiger partial charge is 0.311 e. The fourth-order valence-electron chi connectivity index (χ4n) is 1.84. The van der Waals surface area contributed by atoms with Gasteiger partial charge in [-0.15, -0.1) is 0 Å². The normalized spacial score (nSPS) is 15.1. The molecule has 1 aromatic heterocycles. The smallest absolute Gasteiger partial charge is 0.226 e. The fourth-order valence-corrected chi connectivity index (χ4v) is 1.84. The number of aryl methyl sites for hydroxylation is 1. The van der Waals surface area contributed by atoms with Crippen LogP contribution >= 0.6 is 0 Å². The quantitative estimate of drug-likeness (QED) is 0.676. The molecule has 1 aliphatic heterocycles. The highest BCUT2D eigenvalue weighted by Crippen LogP contribution is 2.25. The lowest BCUT2D eigenvalue weighted by Crippen LogP contribution is -2.35. The Hall–Kier alpha value is -1.38. The van der Waals surface area contributed by atoms with Crippen molar-refractivity contribution < 1.29 is 4.79 Å². The highest BCUT2D eigenvalue weighted by Gasteiger charge is 2.21. The van der Waals surface area contributed by atoms with Gasteiger partial charge >= 0.3 is 0 Å². The molecule has 0 radical (unpaired) electrons. The van der Waals surface area contributed by atoms with Crippen LogP contribution in [0, 0.1) is 0 Å². The van der Waals surface area contributed by atoms with Gasteiger partial charge in [0, 0.05) is 19.2 Å². The fraction of sp³-hybridized carbons (Fsp3) is 0.455. The van der Waals surface area contributed by atoms with Crippen molar-refractivity contribution >= 4 is 11.6 Å². The average Bonchev–Trinajstić information content (AvgIpc) is 2.27. The van der Waals surface area contributed by atoms with Gasteiger partial charge in [0.2, 0.25) is 5.91 Å². The van der Waals surface area contributed by atoms with E-state index in [1.54, 1.807) is 6.20 Å². The third kappa shape index (κ3) is 1.50. The number of fused-ring (bicyclic) bond motifs is 1. The van der Waals surface area contributed by atoms with E-state index in [1.165, 1.54) is 0 Å². The predicted octanol–water partition coefficient (Wildman–Crippen LogP) is 1.77. The highest BCUT2D eigenvalue weighted by atomic mass is 16.2. The first-order valence-corrected chi connectivity index (χ1v) is 5.07. The zero-order valence-electron chi connectivity index (χ0n) is 8.36. The number of carbonyl (C=O) groups excluding carboxylic acids is 1. The van der Waals surface area contributed by atoms with Gasteiger partial charge in [-0.1, -0.05) is 6.92 Å². The van der Waals surface area contributed by atoms with Crippen LogP contribution in [0.1, 0.15) is 25.5 Å². The second-order valence-electron chi connectivity index (χ2n) is 3.47. The maximum atomic E-state index is 11.6. The Bertz CT molecular complexity index is 349. The molecule has 1 amide bonds. The van der Waals surface area contributed by atoms with E-state index in [0.29, 0.717) is 6.42 Å². The SMILES string of the molecule is CCC(=O)N1CCCc2ncccc21. The molecule has 0 unspecified atom stereocenters. The summed E-state index contributed by atoms with van der Waals surface area (Å²) in [4.78, 5) is 17.8. The summed E-state index contributed by atoms with van der Waals surface area (Å²) in [5, 5.41) is 0. The minimum atomic E-state index is 0.193. The molecule has 14 heavy (non-hydrogen) atoms. The maximum Gasteiger partial charge on any atom is 0.226 e. The molecule has 1 aliphatic rings. The molecule has 0 saturated carbocycles. The van der Waals surface area contributed by atoms with Crippen LogP contribution in [0.4, 0.5) is 5.69 Å². The van der Waals surface area contributed by atoms with Crippen molar-refractivity contribution in [3.05, 3.63) is 24.0 Å². The molecule has 0 fully saturated rings. The van der Waals surface area contributed by atoms with Crippen LogP contribution in [0.25, 0.3) is 0 Å². The molecule has 3 heteroatoms. The lowest BCUT2D eigenvalue weighted by Gasteiger charge is -2.28. The summed E-state index contributed by atoms with van der Waals surface area (Å²) in [6.07, 6.45) is 4.37. The van der Waals surface area contributed by atoms with Crippen LogP contribution in [0.5, 0.6) is 0 Å². The van der Waals surface area contributed by atoms with E-state index in [1.807, 2.05) is 24.0 Å². The number of rotatable bonds is 1. The summed E-state index contributed by atoms with van der Waals surface area (Å²) in [6.45, 7) is 2.73. The van der Waals surface area contributed by atoms with E-state index in [4.69, 9.17) is 0 Å².